The van der Waals surface area contributed by atoms with E-state index in [0.29, 0.717) is 16.6 Å². The van der Waals surface area contributed by atoms with Gasteiger partial charge in [0.2, 0.25) is 0 Å². The van der Waals surface area contributed by atoms with Crippen molar-refractivity contribution in [1.82, 2.24) is 9.97 Å². The largest absolute Gasteiger partial charge is 0.325 e. The van der Waals surface area contributed by atoms with Crippen LogP contribution in [-0.2, 0) is 6.54 Å². The average molecular weight is 254 g/mol. The first-order valence-electron chi connectivity index (χ1n) is 4.67. The molecule has 0 saturated heterocycles. The normalized spacial score (nSPS) is 10.4. The van der Waals surface area contributed by atoms with Crippen LogP contribution >= 0.6 is 23.2 Å². The fourth-order valence-corrected chi connectivity index (χ4v) is 1.86. The predicted octanol–water partition coefficient (Wildman–Crippen LogP) is 2.91. The highest BCUT2D eigenvalue weighted by Crippen LogP contribution is 2.28. The lowest BCUT2D eigenvalue weighted by atomic mass is 10.1. The lowest BCUT2D eigenvalue weighted by Crippen LogP contribution is -2.00. The molecule has 0 unspecified atom stereocenters. The summed E-state index contributed by atoms with van der Waals surface area (Å²) in [6, 6.07) is 7.10. The molecule has 0 fully saturated rings. The minimum atomic E-state index is 0.376. The Morgan fingerprint density at radius 1 is 1.12 bits per heavy atom. The van der Waals surface area contributed by atoms with Gasteiger partial charge in [-0.15, -0.1) is 0 Å². The number of rotatable bonds is 2. The van der Waals surface area contributed by atoms with Gasteiger partial charge in [0.15, 0.2) is 0 Å². The summed E-state index contributed by atoms with van der Waals surface area (Å²) in [5.41, 5.74) is 7.86. The van der Waals surface area contributed by atoms with Gasteiger partial charge in [-0.3, -0.25) is 0 Å². The average Bonchev–Trinajstić information content (AvgIpc) is 2.29. The van der Waals surface area contributed by atoms with Gasteiger partial charge in [-0.2, -0.15) is 0 Å². The molecule has 2 N–H and O–H groups in total. The number of nitrogens with two attached hydrogens (primary N) is 1. The zero-order valence-electron chi connectivity index (χ0n) is 8.32. The van der Waals surface area contributed by atoms with E-state index in [0.717, 1.165) is 17.0 Å². The van der Waals surface area contributed by atoms with Crippen molar-refractivity contribution in [3.05, 3.63) is 46.3 Å². The minimum Gasteiger partial charge on any atom is -0.325 e. The number of hydrogen-bond donors (Lipinski definition) is 1. The van der Waals surface area contributed by atoms with Crippen LogP contribution < -0.4 is 5.73 Å². The molecule has 0 aliphatic heterocycles. The first-order chi connectivity index (χ1) is 7.70. The quantitative estimate of drug-likeness (QED) is 0.896. The van der Waals surface area contributed by atoms with Crippen molar-refractivity contribution in [2.75, 3.05) is 0 Å². The van der Waals surface area contributed by atoms with Crippen LogP contribution in [0.2, 0.25) is 10.0 Å². The molecule has 0 aliphatic rings. The van der Waals surface area contributed by atoms with Gasteiger partial charge in [0.05, 0.1) is 16.4 Å². The Morgan fingerprint density at radius 2 is 1.94 bits per heavy atom. The third-order valence-electron chi connectivity index (χ3n) is 2.14. The van der Waals surface area contributed by atoms with E-state index < -0.39 is 0 Å². The second kappa shape index (κ2) is 4.78. The molecule has 0 aliphatic carbocycles. The first-order valence-corrected chi connectivity index (χ1v) is 5.42. The van der Waals surface area contributed by atoms with E-state index in [4.69, 9.17) is 28.9 Å². The Morgan fingerprint density at radius 3 is 2.62 bits per heavy atom. The van der Waals surface area contributed by atoms with Crippen LogP contribution in [-0.4, -0.2) is 9.97 Å². The predicted molar refractivity (Wildman–Crippen MR) is 65.4 cm³/mol. The molecule has 16 heavy (non-hydrogen) atoms. The zero-order valence-corrected chi connectivity index (χ0v) is 9.83. The summed E-state index contributed by atoms with van der Waals surface area (Å²) in [5, 5.41) is 1.16. The highest BCUT2D eigenvalue weighted by Gasteiger charge is 2.06. The van der Waals surface area contributed by atoms with E-state index in [1.165, 1.54) is 6.33 Å². The smallest absolute Gasteiger partial charge is 0.116 e. The second-order valence-corrected chi connectivity index (χ2v) is 4.07. The fourth-order valence-electron chi connectivity index (χ4n) is 1.35. The molecule has 3 nitrogen and oxygen atoms in total. The Balaban J connectivity index is 2.49. The molecule has 0 bridgehead atoms. The van der Waals surface area contributed by atoms with E-state index in [9.17, 15) is 0 Å². The topological polar surface area (TPSA) is 51.8 Å². The second-order valence-electron chi connectivity index (χ2n) is 3.22. The molecular formula is C11H9Cl2N3. The van der Waals surface area contributed by atoms with Crippen LogP contribution in [0, 0.1) is 0 Å². The summed E-state index contributed by atoms with van der Waals surface area (Å²) >= 11 is 11.9. The molecule has 2 aromatic rings. The molecule has 82 valence electrons. The summed E-state index contributed by atoms with van der Waals surface area (Å²) in [7, 11) is 0. The Kier molecular flexibility index (Phi) is 3.39. The van der Waals surface area contributed by atoms with Gasteiger partial charge < -0.3 is 5.73 Å². The van der Waals surface area contributed by atoms with Gasteiger partial charge >= 0.3 is 0 Å². The molecule has 1 heterocycles. The molecule has 0 atom stereocenters. The standard InChI is InChI=1S/C11H9Cl2N3/c12-7-1-2-9(10(13)3-7)11-4-8(5-14)15-6-16-11/h1-4,6H,5,14H2. The molecule has 1 aromatic carbocycles. The summed E-state index contributed by atoms with van der Waals surface area (Å²) < 4.78 is 0. The van der Waals surface area contributed by atoms with Crippen LogP contribution in [0.4, 0.5) is 0 Å². The van der Waals surface area contributed by atoms with Gasteiger partial charge in [0.25, 0.3) is 0 Å². The van der Waals surface area contributed by atoms with Crippen LogP contribution in [0.5, 0.6) is 0 Å². The molecule has 5 heteroatoms. The van der Waals surface area contributed by atoms with Gasteiger partial charge in [-0.25, -0.2) is 9.97 Å². The highest BCUT2D eigenvalue weighted by molar-refractivity contribution is 6.36. The molecule has 0 amide bonds. The first kappa shape index (κ1) is 11.3. The molecule has 2 rings (SSSR count). The van der Waals surface area contributed by atoms with Crippen LogP contribution in [0.3, 0.4) is 0 Å². The lowest BCUT2D eigenvalue weighted by molar-refractivity contribution is 0.966. The van der Waals surface area contributed by atoms with Crippen molar-refractivity contribution in [2.45, 2.75) is 6.54 Å². The van der Waals surface area contributed by atoms with E-state index >= 15 is 0 Å². The van der Waals surface area contributed by atoms with Crippen molar-refractivity contribution >= 4 is 23.2 Å². The van der Waals surface area contributed by atoms with Gasteiger partial charge in [-0.05, 0) is 24.3 Å². The van der Waals surface area contributed by atoms with Crippen LogP contribution in [0.25, 0.3) is 11.3 Å². The number of nitrogens with zero attached hydrogens (tertiary/aromatic N) is 2. The molecule has 0 radical (unpaired) electrons. The Hall–Kier alpha value is -1.16. The Bertz CT molecular complexity index is 514. The van der Waals surface area contributed by atoms with Crippen LogP contribution in [0.1, 0.15) is 5.69 Å². The molecule has 0 spiro atoms. The molecule has 1 aromatic heterocycles. The zero-order chi connectivity index (χ0) is 11.5. The van der Waals surface area contributed by atoms with Gasteiger partial charge in [0, 0.05) is 17.1 Å². The SMILES string of the molecule is NCc1cc(-c2ccc(Cl)cc2Cl)ncn1. The summed E-state index contributed by atoms with van der Waals surface area (Å²) in [5.74, 6) is 0. The maximum atomic E-state index is 6.08. The van der Waals surface area contributed by atoms with E-state index in [2.05, 4.69) is 9.97 Å². The maximum Gasteiger partial charge on any atom is 0.116 e. The summed E-state index contributed by atoms with van der Waals surface area (Å²) in [6.07, 6.45) is 1.47. The van der Waals surface area contributed by atoms with Crippen molar-refractivity contribution < 1.29 is 0 Å². The van der Waals surface area contributed by atoms with Gasteiger partial charge in [-0.1, -0.05) is 23.2 Å². The maximum absolute atomic E-state index is 6.08. The highest BCUT2D eigenvalue weighted by atomic mass is 35.5. The van der Waals surface area contributed by atoms with Crippen molar-refractivity contribution in [3.8, 4) is 11.3 Å². The van der Waals surface area contributed by atoms with Crippen molar-refractivity contribution in [3.63, 3.8) is 0 Å². The Labute approximate surface area is 103 Å². The van der Waals surface area contributed by atoms with E-state index in [-0.39, 0.29) is 0 Å². The minimum absolute atomic E-state index is 0.376. The summed E-state index contributed by atoms with van der Waals surface area (Å²) in [4.78, 5) is 8.18. The van der Waals surface area contributed by atoms with Crippen molar-refractivity contribution in [1.29, 1.82) is 0 Å². The van der Waals surface area contributed by atoms with Gasteiger partial charge in [0.1, 0.15) is 6.33 Å². The number of halogens is 2. The molecule has 0 saturated carbocycles. The number of benzene rings is 1. The molecular weight excluding hydrogens is 245 g/mol. The third-order valence-corrected chi connectivity index (χ3v) is 2.69. The fraction of sp³-hybridized carbons (Fsp3) is 0.0909. The number of hydrogen-bond acceptors (Lipinski definition) is 3. The number of aromatic nitrogens is 2. The van der Waals surface area contributed by atoms with E-state index in [1.54, 1.807) is 12.1 Å². The lowest BCUT2D eigenvalue weighted by Gasteiger charge is -2.05. The van der Waals surface area contributed by atoms with E-state index in [1.807, 2.05) is 12.1 Å². The third kappa shape index (κ3) is 2.32. The monoisotopic (exact) mass is 253 g/mol. The summed E-state index contributed by atoms with van der Waals surface area (Å²) in [6.45, 7) is 0.376. The van der Waals surface area contributed by atoms with Crippen molar-refractivity contribution in [2.24, 2.45) is 5.73 Å². The van der Waals surface area contributed by atoms with Crippen LogP contribution in [0.15, 0.2) is 30.6 Å².